The molecule has 0 bridgehead atoms. The summed E-state index contributed by atoms with van der Waals surface area (Å²) < 4.78 is 22.2. The molecular formula is C5H12ClNO2S. The van der Waals surface area contributed by atoms with E-state index in [1.54, 1.807) is 0 Å². The zero-order valence-corrected chi connectivity index (χ0v) is 7.41. The molecule has 2 N–H and O–H groups in total. The molecule has 0 aromatic carbocycles. The van der Waals surface area contributed by atoms with Crippen LogP contribution in [-0.4, -0.2) is 26.6 Å². The van der Waals surface area contributed by atoms with E-state index in [4.69, 9.17) is 16.2 Å². The fraction of sp³-hybridized carbons (Fsp3) is 0.800. The van der Waals surface area contributed by atoms with Crippen molar-refractivity contribution < 1.29 is 8.76 Å². The number of hydrogen-bond acceptors (Lipinski definition) is 1. The standard InChI is InChI=1S/C5H12ClNO2S/c1-2-4-7-10(8,9)5-3-6/h5H,2-4H2,1H3,(H2,7,8,9). The zero-order chi connectivity index (χ0) is 8.04. The predicted molar refractivity (Wildman–Crippen MR) is 45.8 cm³/mol. The summed E-state index contributed by atoms with van der Waals surface area (Å²) in [6.45, 7) is 2.45. The van der Waals surface area contributed by atoms with E-state index in [0.717, 1.165) is 11.8 Å². The van der Waals surface area contributed by atoms with E-state index in [1.165, 1.54) is 0 Å². The van der Waals surface area contributed by atoms with Crippen molar-refractivity contribution >= 4 is 27.0 Å². The maximum atomic E-state index is 10.8. The molecule has 0 spiro atoms. The molecule has 62 valence electrons. The highest BCUT2D eigenvalue weighted by molar-refractivity contribution is 7.94. The molecule has 10 heavy (non-hydrogen) atoms. The minimum absolute atomic E-state index is 0.0893. The topological polar surface area (TPSA) is 49.3 Å². The Kier molecular flexibility index (Phi) is 5.07. The molecule has 0 fully saturated rings. The van der Waals surface area contributed by atoms with Gasteiger partial charge < -0.3 is 4.55 Å². The van der Waals surface area contributed by atoms with Gasteiger partial charge in [-0.2, -0.15) is 0 Å². The van der Waals surface area contributed by atoms with E-state index in [-0.39, 0.29) is 5.88 Å². The highest BCUT2D eigenvalue weighted by Crippen LogP contribution is 1.80. The summed E-state index contributed by atoms with van der Waals surface area (Å²) in [4.78, 5) is 0. The molecule has 3 nitrogen and oxygen atoms in total. The van der Waals surface area contributed by atoms with Gasteiger partial charge in [0.25, 0.3) is 0 Å². The normalized spacial score (nSPS) is 16.3. The number of nitrogens with one attached hydrogen (secondary N) is 1. The molecule has 0 aromatic heterocycles. The number of alkyl halides is 1. The van der Waals surface area contributed by atoms with Crippen molar-refractivity contribution in [3.8, 4) is 0 Å². The molecule has 0 aliphatic heterocycles. The fourth-order valence-electron chi connectivity index (χ4n) is 0.393. The first kappa shape index (κ1) is 10.2. The summed E-state index contributed by atoms with van der Waals surface area (Å²) in [6, 6.07) is 0. The number of hydrogen-bond donors (Lipinski definition) is 2. The van der Waals surface area contributed by atoms with E-state index in [0.29, 0.717) is 6.54 Å². The van der Waals surface area contributed by atoms with Crippen LogP contribution >= 0.6 is 11.6 Å². The minimum atomic E-state index is -2.95. The molecule has 1 unspecified atom stereocenters. The summed E-state index contributed by atoms with van der Waals surface area (Å²) >= 11 is 5.23. The lowest BCUT2D eigenvalue weighted by Gasteiger charge is -2.02. The van der Waals surface area contributed by atoms with Crippen LogP contribution in [0.3, 0.4) is 0 Å². The zero-order valence-electron chi connectivity index (χ0n) is 5.84. The fourth-order valence-corrected chi connectivity index (χ4v) is 1.69. The molecule has 5 heteroatoms. The largest absolute Gasteiger partial charge is 0.302 e. The van der Waals surface area contributed by atoms with Crippen molar-refractivity contribution in [1.82, 2.24) is 4.72 Å². The van der Waals surface area contributed by atoms with E-state index >= 15 is 0 Å². The summed E-state index contributed by atoms with van der Waals surface area (Å²) in [5.41, 5.74) is 0. The molecule has 0 saturated carbocycles. The Balaban J connectivity index is 3.88. The van der Waals surface area contributed by atoms with Crippen LogP contribution < -0.4 is 4.72 Å². The first-order valence-electron chi connectivity index (χ1n) is 3.03. The molecule has 0 saturated heterocycles. The Hall–Kier alpha value is 0.230. The van der Waals surface area contributed by atoms with Crippen LogP contribution in [0.25, 0.3) is 0 Å². The van der Waals surface area contributed by atoms with Crippen molar-refractivity contribution in [2.45, 2.75) is 13.3 Å². The average Bonchev–Trinajstić information content (AvgIpc) is 1.84. The number of halogens is 1. The van der Waals surface area contributed by atoms with Gasteiger partial charge in [-0.1, -0.05) is 6.92 Å². The Morgan fingerprint density at radius 3 is 2.80 bits per heavy atom. The lowest BCUT2D eigenvalue weighted by Crippen LogP contribution is -2.25. The van der Waals surface area contributed by atoms with Gasteiger partial charge in [-0.05, 0) is 6.42 Å². The van der Waals surface area contributed by atoms with Crippen molar-refractivity contribution in [2.75, 3.05) is 12.4 Å². The van der Waals surface area contributed by atoms with Crippen LogP contribution in [0.15, 0.2) is 0 Å². The minimum Gasteiger partial charge on any atom is -0.302 e. The molecular weight excluding hydrogens is 174 g/mol. The van der Waals surface area contributed by atoms with E-state index in [2.05, 4.69) is 4.72 Å². The molecule has 0 aromatic rings. The Morgan fingerprint density at radius 2 is 2.40 bits per heavy atom. The highest BCUT2D eigenvalue weighted by atomic mass is 35.5. The van der Waals surface area contributed by atoms with E-state index < -0.39 is 9.99 Å². The van der Waals surface area contributed by atoms with Gasteiger partial charge in [-0.3, -0.25) is 0 Å². The first-order chi connectivity index (χ1) is 4.62. The number of rotatable bonds is 4. The van der Waals surface area contributed by atoms with Gasteiger partial charge >= 0.3 is 0 Å². The highest BCUT2D eigenvalue weighted by Gasteiger charge is 1.95. The van der Waals surface area contributed by atoms with Gasteiger partial charge in [-0.25, -0.2) is 8.93 Å². The third-order valence-electron chi connectivity index (χ3n) is 0.848. The Labute approximate surface area is 66.7 Å². The second-order valence-corrected chi connectivity index (χ2v) is 3.85. The quantitative estimate of drug-likeness (QED) is 0.501. The van der Waals surface area contributed by atoms with Crippen molar-refractivity contribution in [3.63, 3.8) is 0 Å². The van der Waals surface area contributed by atoms with Gasteiger partial charge in [0, 0.05) is 11.9 Å². The maximum absolute atomic E-state index is 10.8. The first-order valence-corrected chi connectivity index (χ1v) is 5.14. The molecule has 0 aliphatic carbocycles. The lowest BCUT2D eigenvalue weighted by molar-refractivity contribution is 0.543. The molecule has 0 aliphatic rings. The SMILES string of the molecule is CCCNS(=O)(O)=CCCl. The van der Waals surface area contributed by atoms with E-state index in [1.807, 2.05) is 6.92 Å². The van der Waals surface area contributed by atoms with Gasteiger partial charge in [0.2, 0.25) is 0 Å². The Bertz CT molecular complexity index is 186. The summed E-state index contributed by atoms with van der Waals surface area (Å²) in [5.74, 6) is 0.0893. The van der Waals surface area contributed by atoms with Gasteiger partial charge in [0.1, 0.15) is 9.99 Å². The monoisotopic (exact) mass is 185 g/mol. The van der Waals surface area contributed by atoms with Crippen LogP contribution in [0.1, 0.15) is 13.3 Å². The second kappa shape index (κ2) is 4.96. The maximum Gasteiger partial charge on any atom is 0.142 e. The van der Waals surface area contributed by atoms with Crippen LogP contribution in [0.4, 0.5) is 0 Å². The van der Waals surface area contributed by atoms with Gasteiger partial charge in [0.05, 0.1) is 5.88 Å². The molecule has 0 amide bonds. The molecule has 0 radical (unpaired) electrons. The predicted octanol–water partition coefficient (Wildman–Crippen LogP) is 0.699. The van der Waals surface area contributed by atoms with Crippen LogP contribution in [-0.2, 0) is 9.99 Å². The molecule has 1 atom stereocenters. The van der Waals surface area contributed by atoms with Crippen molar-refractivity contribution in [1.29, 1.82) is 0 Å². The molecule has 0 heterocycles. The summed E-state index contributed by atoms with van der Waals surface area (Å²) in [6.07, 6.45) is 0.827. The van der Waals surface area contributed by atoms with Crippen molar-refractivity contribution in [2.24, 2.45) is 0 Å². The van der Waals surface area contributed by atoms with Gasteiger partial charge in [0.15, 0.2) is 0 Å². The smallest absolute Gasteiger partial charge is 0.142 e. The van der Waals surface area contributed by atoms with Crippen LogP contribution in [0.5, 0.6) is 0 Å². The van der Waals surface area contributed by atoms with Gasteiger partial charge in [-0.15, -0.1) is 11.6 Å². The van der Waals surface area contributed by atoms with Crippen molar-refractivity contribution in [3.05, 3.63) is 0 Å². The van der Waals surface area contributed by atoms with Crippen LogP contribution in [0.2, 0.25) is 0 Å². The van der Waals surface area contributed by atoms with Crippen LogP contribution in [0, 0.1) is 0 Å². The lowest BCUT2D eigenvalue weighted by atomic mass is 10.5. The Morgan fingerprint density at radius 1 is 1.80 bits per heavy atom. The summed E-state index contributed by atoms with van der Waals surface area (Å²) in [7, 11) is -2.95. The summed E-state index contributed by atoms with van der Waals surface area (Å²) in [5, 5.41) is 1.16. The third kappa shape index (κ3) is 5.05. The molecule has 0 rings (SSSR count). The third-order valence-corrected chi connectivity index (χ3v) is 2.42. The second-order valence-electron chi connectivity index (χ2n) is 1.78. The average molecular weight is 186 g/mol. The van der Waals surface area contributed by atoms with E-state index in [9.17, 15) is 4.21 Å².